The summed E-state index contributed by atoms with van der Waals surface area (Å²) in [6.45, 7) is 5.13. The Morgan fingerprint density at radius 3 is 2.89 bits per heavy atom. The van der Waals surface area contributed by atoms with Crippen molar-refractivity contribution >= 4 is 21.8 Å². The molecule has 19 heavy (non-hydrogen) atoms. The van der Waals surface area contributed by atoms with Crippen LogP contribution in [0.1, 0.15) is 32.3 Å². The first-order chi connectivity index (χ1) is 9.04. The minimum Gasteiger partial charge on any atom is -0.354 e. The van der Waals surface area contributed by atoms with E-state index in [1.807, 2.05) is 19.9 Å². The minimum atomic E-state index is -0.270. The maximum Gasteiger partial charge on any atom is 0.221 e. The van der Waals surface area contributed by atoms with Crippen molar-refractivity contribution in [1.29, 1.82) is 0 Å². The van der Waals surface area contributed by atoms with Gasteiger partial charge >= 0.3 is 0 Å². The lowest BCUT2D eigenvalue weighted by Gasteiger charge is -2.11. The van der Waals surface area contributed by atoms with E-state index in [0.717, 1.165) is 12.0 Å². The Balaban J connectivity index is 2.27. The SMILES string of the molecule is CCC(C)NC(=O)CCNCc1cccc(F)c1Br. The molecule has 1 unspecified atom stereocenters. The Hall–Kier alpha value is -0.940. The van der Waals surface area contributed by atoms with Crippen LogP contribution in [0.4, 0.5) is 4.39 Å². The fraction of sp³-hybridized carbons (Fsp3) is 0.500. The summed E-state index contributed by atoms with van der Waals surface area (Å²) >= 11 is 3.21. The van der Waals surface area contributed by atoms with Gasteiger partial charge in [-0.3, -0.25) is 4.79 Å². The fourth-order valence-corrected chi connectivity index (χ4v) is 1.96. The van der Waals surface area contributed by atoms with Gasteiger partial charge in [0.25, 0.3) is 0 Å². The molecular weight excluding hydrogens is 311 g/mol. The molecule has 1 amide bonds. The topological polar surface area (TPSA) is 41.1 Å². The molecule has 0 heterocycles. The maximum atomic E-state index is 13.3. The maximum absolute atomic E-state index is 13.3. The highest BCUT2D eigenvalue weighted by Gasteiger charge is 2.06. The zero-order valence-electron chi connectivity index (χ0n) is 11.3. The van der Waals surface area contributed by atoms with Crippen molar-refractivity contribution in [2.24, 2.45) is 0 Å². The van der Waals surface area contributed by atoms with Crippen LogP contribution < -0.4 is 10.6 Å². The Morgan fingerprint density at radius 2 is 2.21 bits per heavy atom. The highest BCUT2D eigenvalue weighted by Crippen LogP contribution is 2.19. The summed E-state index contributed by atoms with van der Waals surface area (Å²) in [6.07, 6.45) is 1.35. The van der Waals surface area contributed by atoms with Gasteiger partial charge in [-0.1, -0.05) is 19.1 Å². The molecule has 3 nitrogen and oxygen atoms in total. The number of benzene rings is 1. The molecule has 0 aromatic heterocycles. The van der Waals surface area contributed by atoms with Crippen LogP contribution >= 0.6 is 15.9 Å². The largest absolute Gasteiger partial charge is 0.354 e. The Morgan fingerprint density at radius 1 is 1.47 bits per heavy atom. The standard InChI is InChI=1S/C14H20BrFN2O/c1-3-10(2)18-13(19)7-8-17-9-11-5-4-6-12(16)14(11)15/h4-6,10,17H,3,7-9H2,1-2H3,(H,18,19). The molecule has 1 aromatic carbocycles. The third-order valence-corrected chi connectivity index (χ3v) is 3.78. The quantitative estimate of drug-likeness (QED) is 0.754. The number of carbonyl (C=O) groups excluding carboxylic acids is 1. The fourth-order valence-electron chi connectivity index (χ4n) is 1.56. The number of nitrogens with one attached hydrogen (secondary N) is 2. The van der Waals surface area contributed by atoms with E-state index in [9.17, 15) is 9.18 Å². The number of hydrogen-bond acceptors (Lipinski definition) is 2. The number of carbonyl (C=O) groups is 1. The number of halogens is 2. The summed E-state index contributed by atoms with van der Waals surface area (Å²) in [7, 11) is 0. The van der Waals surface area contributed by atoms with Crippen LogP contribution in [-0.2, 0) is 11.3 Å². The van der Waals surface area contributed by atoms with Crippen LogP contribution in [0.2, 0.25) is 0 Å². The first-order valence-corrected chi connectivity index (χ1v) is 7.26. The summed E-state index contributed by atoms with van der Waals surface area (Å²) in [5, 5.41) is 6.03. The summed E-state index contributed by atoms with van der Waals surface area (Å²) in [4.78, 5) is 11.5. The molecule has 0 bridgehead atoms. The Kier molecular flexibility index (Phi) is 7.02. The molecule has 0 aliphatic carbocycles. The molecule has 0 saturated carbocycles. The predicted molar refractivity (Wildman–Crippen MR) is 78.3 cm³/mol. The van der Waals surface area contributed by atoms with E-state index in [1.165, 1.54) is 6.07 Å². The third-order valence-electron chi connectivity index (χ3n) is 2.90. The third kappa shape index (κ3) is 5.70. The highest BCUT2D eigenvalue weighted by molar-refractivity contribution is 9.10. The van der Waals surface area contributed by atoms with Gasteiger partial charge in [-0.2, -0.15) is 0 Å². The average molecular weight is 331 g/mol. The predicted octanol–water partition coefficient (Wildman–Crippen LogP) is 2.98. The molecule has 0 fully saturated rings. The zero-order valence-corrected chi connectivity index (χ0v) is 12.9. The molecule has 1 atom stereocenters. The molecule has 0 saturated heterocycles. The highest BCUT2D eigenvalue weighted by atomic mass is 79.9. The van der Waals surface area contributed by atoms with E-state index >= 15 is 0 Å². The van der Waals surface area contributed by atoms with Crippen LogP contribution in [0.15, 0.2) is 22.7 Å². The average Bonchev–Trinajstić information content (AvgIpc) is 2.39. The van der Waals surface area contributed by atoms with Crippen LogP contribution in [0.25, 0.3) is 0 Å². The lowest BCUT2D eigenvalue weighted by atomic mass is 10.2. The lowest BCUT2D eigenvalue weighted by molar-refractivity contribution is -0.121. The van der Waals surface area contributed by atoms with Crippen molar-refractivity contribution in [2.45, 2.75) is 39.3 Å². The van der Waals surface area contributed by atoms with Gasteiger partial charge in [0.1, 0.15) is 5.82 Å². The summed E-state index contributed by atoms with van der Waals surface area (Å²) in [5.41, 5.74) is 0.849. The van der Waals surface area contributed by atoms with Crippen molar-refractivity contribution in [3.8, 4) is 0 Å². The molecule has 0 spiro atoms. The van der Waals surface area contributed by atoms with E-state index in [1.54, 1.807) is 6.07 Å². The summed E-state index contributed by atoms with van der Waals surface area (Å²) in [6, 6.07) is 5.14. The second kappa shape index (κ2) is 8.27. The number of hydrogen-bond donors (Lipinski definition) is 2. The van der Waals surface area contributed by atoms with Gasteiger partial charge in [0.2, 0.25) is 5.91 Å². The first-order valence-electron chi connectivity index (χ1n) is 6.47. The van der Waals surface area contributed by atoms with Crippen LogP contribution in [0.5, 0.6) is 0 Å². The van der Waals surface area contributed by atoms with E-state index in [4.69, 9.17) is 0 Å². The molecule has 2 N–H and O–H groups in total. The van der Waals surface area contributed by atoms with Gasteiger partial charge in [0, 0.05) is 25.6 Å². The van der Waals surface area contributed by atoms with E-state index in [2.05, 4.69) is 26.6 Å². The summed E-state index contributed by atoms with van der Waals surface area (Å²) in [5.74, 6) is -0.228. The van der Waals surface area contributed by atoms with Gasteiger partial charge in [0.05, 0.1) is 4.47 Å². The molecule has 1 aromatic rings. The van der Waals surface area contributed by atoms with E-state index < -0.39 is 0 Å². The van der Waals surface area contributed by atoms with Gasteiger partial charge < -0.3 is 10.6 Å². The Bertz CT molecular complexity index is 426. The van der Waals surface area contributed by atoms with Gasteiger partial charge in [-0.05, 0) is 40.9 Å². The minimum absolute atomic E-state index is 0.0418. The molecule has 106 valence electrons. The van der Waals surface area contributed by atoms with E-state index in [-0.39, 0.29) is 17.8 Å². The molecule has 0 aliphatic heterocycles. The van der Waals surface area contributed by atoms with Crippen LogP contribution in [0, 0.1) is 5.82 Å². The normalized spacial score (nSPS) is 12.2. The smallest absolute Gasteiger partial charge is 0.221 e. The molecule has 0 aliphatic rings. The Labute approximate surface area is 122 Å². The van der Waals surface area contributed by atoms with Crippen molar-refractivity contribution < 1.29 is 9.18 Å². The monoisotopic (exact) mass is 330 g/mol. The van der Waals surface area contributed by atoms with Gasteiger partial charge in [-0.15, -0.1) is 0 Å². The van der Waals surface area contributed by atoms with Gasteiger partial charge in [0.15, 0.2) is 0 Å². The van der Waals surface area contributed by atoms with Crippen LogP contribution in [-0.4, -0.2) is 18.5 Å². The molecule has 5 heteroatoms. The van der Waals surface area contributed by atoms with Gasteiger partial charge in [-0.25, -0.2) is 4.39 Å². The molecule has 0 radical (unpaired) electrons. The lowest BCUT2D eigenvalue weighted by Crippen LogP contribution is -2.33. The van der Waals surface area contributed by atoms with Crippen molar-refractivity contribution in [2.75, 3.05) is 6.54 Å². The number of amides is 1. The van der Waals surface area contributed by atoms with Crippen molar-refractivity contribution in [1.82, 2.24) is 10.6 Å². The molecular formula is C14H20BrFN2O. The van der Waals surface area contributed by atoms with E-state index in [0.29, 0.717) is 24.0 Å². The van der Waals surface area contributed by atoms with Crippen molar-refractivity contribution in [3.05, 3.63) is 34.1 Å². The second-order valence-electron chi connectivity index (χ2n) is 4.52. The second-order valence-corrected chi connectivity index (χ2v) is 5.31. The van der Waals surface area contributed by atoms with Crippen molar-refractivity contribution in [3.63, 3.8) is 0 Å². The molecule has 1 rings (SSSR count). The number of rotatable bonds is 7. The zero-order chi connectivity index (χ0) is 14.3. The van der Waals surface area contributed by atoms with Crippen LogP contribution in [0.3, 0.4) is 0 Å². The first kappa shape index (κ1) is 16.1. The summed E-state index contributed by atoms with van der Waals surface area (Å²) < 4.78 is 13.7.